The van der Waals surface area contributed by atoms with Crippen molar-refractivity contribution in [2.75, 3.05) is 13.1 Å². The molecule has 1 aromatic carbocycles. The molecule has 1 saturated heterocycles. The highest BCUT2D eigenvalue weighted by molar-refractivity contribution is 5.30. The predicted octanol–water partition coefficient (Wildman–Crippen LogP) is 6.38. The molecule has 0 N–H and O–H groups in total. The molecule has 1 aromatic rings. The summed E-state index contributed by atoms with van der Waals surface area (Å²) in [6.07, 6.45) is 7.02. The molecule has 0 aromatic heterocycles. The number of benzene rings is 1. The molecule has 1 heterocycles. The van der Waals surface area contributed by atoms with Crippen LogP contribution in [0.2, 0.25) is 0 Å². The second kappa shape index (κ2) is 7.06. The van der Waals surface area contributed by atoms with Gasteiger partial charge in [0.25, 0.3) is 0 Å². The van der Waals surface area contributed by atoms with Crippen LogP contribution in [-0.2, 0) is 5.41 Å². The highest BCUT2D eigenvalue weighted by Gasteiger charge is 2.34. The van der Waals surface area contributed by atoms with Gasteiger partial charge in [-0.1, -0.05) is 65.8 Å². The van der Waals surface area contributed by atoms with E-state index in [1.807, 2.05) is 0 Å². The molecule has 1 atom stereocenters. The average Bonchev–Trinajstić information content (AvgIpc) is 3.03. The highest BCUT2D eigenvalue weighted by Crippen LogP contribution is 2.40. The zero-order chi connectivity index (χ0) is 18.2. The molecule has 140 valence electrons. The van der Waals surface area contributed by atoms with E-state index in [2.05, 4.69) is 70.7 Å². The summed E-state index contributed by atoms with van der Waals surface area (Å²) >= 11 is 0. The van der Waals surface area contributed by atoms with Crippen molar-refractivity contribution in [3.05, 3.63) is 35.4 Å². The molecule has 3 rings (SSSR count). The molecule has 0 amide bonds. The van der Waals surface area contributed by atoms with Crippen LogP contribution in [0.25, 0.3) is 0 Å². The lowest BCUT2D eigenvalue weighted by atomic mass is 9.71. The fourth-order valence-corrected chi connectivity index (χ4v) is 4.95. The molecular weight excluding hydrogens is 302 g/mol. The van der Waals surface area contributed by atoms with Gasteiger partial charge in [-0.25, -0.2) is 0 Å². The number of rotatable bonds is 2. The van der Waals surface area contributed by atoms with Gasteiger partial charge in [0.05, 0.1) is 0 Å². The fraction of sp³-hybridized carbons (Fsp3) is 0.750. The van der Waals surface area contributed by atoms with Crippen LogP contribution in [-0.4, -0.2) is 24.0 Å². The van der Waals surface area contributed by atoms with Crippen LogP contribution in [0.5, 0.6) is 0 Å². The summed E-state index contributed by atoms with van der Waals surface area (Å²) in [7, 11) is 0. The van der Waals surface area contributed by atoms with E-state index in [9.17, 15) is 0 Å². The number of nitrogens with zero attached hydrogens (tertiary/aromatic N) is 1. The Morgan fingerprint density at radius 2 is 1.40 bits per heavy atom. The molecule has 1 saturated carbocycles. The maximum atomic E-state index is 2.81. The van der Waals surface area contributed by atoms with E-state index < -0.39 is 0 Å². The van der Waals surface area contributed by atoms with Crippen LogP contribution < -0.4 is 0 Å². The topological polar surface area (TPSA) is 3.24 Å². The maximum absolute atomic E-state index is 2.81. The number of likely N-dealkylation sites (tertiary alicyclic amines) is 1. The monoisotopic (exact) mass is 341 g/mol. The first-order valence-electron chi connectivity index (χ1n) is 10.5. The first-order valence-corrected chi connectivity index (χ1v) is 10.5. The van der Waals surface area contributed by atoms with Crippen LogP contribution in [0.15, 0.2) is 24.3 Å². The van der Waals surface area contributed by atoms with E-state index in [0.717, 1.165) is 17.9 Å². The molecule has 0 bridgehead atoms. The molecule has 1 nitrogen and oxygen atoms in total. The Morgan fingerprint density at radius 3 is 1.92 bits per heavy atom. The van der Waals surface area contributed by atoms with Gasteiger partial charge in [0, 0.05) is 12.6 Å². The Bertz CT molecular complexity index is 549. The van der Waals surface area contributed by atoms with E-state index in [-0.39, 0.29) is 5.41 Å². The summed E-state index contributed by atoms with van der Waals surface area (Å²) < 4.78 is 0. The lowest BCUT2D eigenvalue weighted by Crippen LogP contribution is -2.38. The third-order valence-electron chi connectivity index (χ3n) is 6.91. The molecule has 1 aliphatic carbocycles. The Kier molecular flexibility index (Phi) is 5.36. The molecular formula is C24H39N. The van der Waals surface area contributed by atoms with Gasteiger partial charge in [-0.3, -0.25) is 4.90 Å². The van der Waals surface area contributed by atoms with Crippen molar-refractivity contribution in [3.63, 3.8) is 0 Å². The Labute approximate surface area is 156 Å². The average molecular weight is 342 g/mol. The highest BCUT2D eigenvalue weighted by atomic mass is 15.2. The van der Waals surface area contributed by atoms with Gasteiger partial charge >= 0.3 is 0 Å². The van der Waals surface area contributed by atoms with Crippen molar-refractivity contribution < 1.29 is 0 Å². The van der Waals surface area contributed by atoms with Crippen molar-refractivity contribution in [1.29, 1.82) is 0 Å². The fourth-order valence-electron chi connectivity index (χ4n) is 4.95. The summed E-state index contributed by atoms with van der Waals surface area (Å²) in [5.74, 6) is 1.67. The number of hydrogen-bond acceptors (Lipinski definition) is 1. The molecule has 1 heteroatoms. The van der Waals surface area contributed by atoms with E-state index in [1.165, 1.54) is 50.8 Å². The van der Waals surface area contributed by atoms with Crippen molar-refractivity contribution in [2.24, 2.45) is 11.3 Å². The minimum Gasteiger partial charge on any atom is -0.300 e. The minimum atomic E-state index is 0.256. The Morgan fingerprint density at radius 1 is 0.800 bits per heavy atom. The predicted molar refractivity (Wildman–Crippen MR) is 109 cm³/mol. The molecule has 1 aliphatic heterocycles. The molecule has 25 heavy (non-hydrogen) atoms. The third kappa shape index (κ3) is 4.48. The van der Waals surface area contributed by atoms with E-state index in [4.69, 9.17) is 0 Å². The first kappa shape index (κ1) is 19.0. The second-order valence-corrected chi connectivity index (χ2v) is 10.7. The van der Waals surface area contributed by atoms with E-state index in [0.29, 0.717) is 5.41 Å². The second-order valence-electron chi connectivity index (χ2n) is 10.7. The van der Waals surface area contributed by atoms with Gasteiger partial charge in [0.15, 0.2) is 0 Å². The largest absolute Gasteiger partial charge is 0.300 e. The zero-order valence-corrected chi connectivity index (χ0v) is 17.4. The lowest BCUT2D eigenvalue weighted by Gasteiger charge is -2.40. The zero-order valence-electron chi connectivity index (χ0n) is 17.4. The van der Waals surface area contributed by atoms with Crippen LogP contribution in [0.3, 0.4) is 0 Å². The number of hydrogen-bond donors (Lipinski definition) is 0. The first-order chi connectivity index (χ1) is 11.6. The summed E-state index contributed by atoms with van der Waals surface area (Å²) in [6.45, 7) is 16.7. The van der Waals surface area contributed by atoms with E-state index >= 15 is 0 Å². The quantitative estimate of drug-likeness (QED) is 0.603. The molecule has 2 fully saturated rings. The summed E-state index contributed by atoms with van der Waals surface area (Å²) in [5, 5.41) is 0. The van der Waals surface area contributed by atoms with Crippen molar-refractivity contribution in [3.8, 4) is 0 Å². The van der Waals surface area contributed by atoms with Crippen LogP contribution >= 0.6 is 0 Å². The SMILES string of the molecule is CC(C)(C)c1ccc(C2CCN([C@H]3CC[C@H](C(C)(C)C)CC3)C2)cc1. The molecule has 0 spiro atoms. The van der Waals surface area contributed by atoms with Gasteiger partial charge in [-0.2, -0.15) is 0 Å². The summed E-state index contributed by atoms with van der Waals surface area (Å²) in [6, 6.07) is 10.3. The van der Waals surface area contributed by atoms with Gasteiger partial charge in [-0.15, -0.1) is 0 Å². The van der Waals surface area contributed by atoms with Crippen LogP contribution in [0.1, 0.15) is 90.7 Å². The minimum absolute atomic E-state index is 0.256. The van der Waals surface area contributed by atoms with Gasteiger partial charge < -0.3 is 0 Å². The molecule has 0 radical (unpaired) electrons. The lowest BCUT2D eigenvalue weighted by molar-refractivity contribution is 0.110. The summed E-state index contributed by atoms with van der Waals surface area (Å²) in [4.78, 5) is 2.81. The van der Waals surface area contributed by atoms with E-state index in [1.54, 1.807) is 5.56 Å². The maximum Gasteiger partial charge on any atom is 0.00957 e. The van der Waals surface area contributed by atoms with Gasteiger partial charge in [0.1, 0.15) is 0 Å². The normalized spacial score (nSPS) is 29.1. The summed E-state index contributed by atoms with van der Waals surface area (Å²) in [5.41, 5.74) is 3.75. The van der Waals surface area contributed by atoms with Crippen LogP contribution in [0.4, 0.5) is 0 Å². The third-order valence-corrected chi connectivity index (χ3v) is 6.91. The van der Waals surface area contributed by atoms with Gasteiger partial charge in [-0.05, 0) is 72.4 Å². The standard InChI is InChI=1S/C24H39N/c1-23(2,3)20-9-7-18(8-10-20)19-15-16-25(17-19)22-13-11-21(12-14-22)24(4,5)6/h7-10,19,21-22H,11-17H2,1-6H3/t19?,21-,22-. The van der Waals surface area contributed by atoms with Crippen molar-refractivity contribution in [2.45, 2.75) is 91.0 Å². The smallest absolute Gasteiger partial charge is 0.00957 e. The Hall–Kier alpha value is -0.820. The van der Waals surface area contributed by atoms with Crippen LogP contribution in [0, 0.1) is 11.3 Å². The Balaban J connectivity index is 1.56. The molecule has 1 unspecified atom stereocenters. The van der Waals surface area contributed by atoms with Gasteiger partial charge in [0.2, 0.25) is 0 Å². The molecule has 2 aliphatic rings. The van der Waals surface area contributed by atoms with Crippen molar-refractivity contribution >= 4 is 0 Å². The van der Waals surface area contributed by atoms with Crippen molar-refractivity contribution in [1.82, 2.24) is 4.90 Å².